The largest absolute Gasteiger partial charge is 0.493 e. The van der Waals surface area contributed by atoms with Gasteiger partial charge in [0, 0.05) is 0 Å². The Kier molecular flexibility index (Phi) is 14.0. The minimum Gasteiger partial charge on any atom is -0.493 e. The molecule has 0 fully saturated rings. The quantitative estimate of drug-likeness (QED) is 0.202. The predicted molar refractivity (Wildman–Crippen MR) is 116 cm³/mol. The van der Waals surface area contributed by atoms with E-state index in [9.17, 15) is 0 Å². The molecule has 0 aliphatic heterocycles. The number of para-hydroxylation sites is 1. The zero-order valence-electron chi connectivity index (χ0n) is 17.5. The van der Waals surface area contributed by atoms with Crippen molar-refractivity contribution >= 4 is 0 Å². The van der Waals surface area contributed by atoms with Crippen LogP contribution in [0.4, 0.5) is 0 Å². The monoisotopic (exact) mass is 358 g/mol. The molecule has 0 aromatic heterocycles. The lowest BCUT2D eigenvalue weighted by molar-refractivity contribution is 0.301. The van der Waals surface area contributed by atoms with Gasteiger partial charge >= 0.3 is 0 Å². The summed E-state index contributed by atoms with van der Waals surface area (Å²) in [5, 5.41) is 0. The summed E-state index contributed by atoms with van der Waals surface area (Å²) in [5.41, 5.74) is 1.39. The number of hydrogen-bond acceptors (Lipinski definition) is 1. The molecule has 0 spiro atoms. The minimum atomic E-state index is 0.859. The van der Waals surface area contributed by atoms with Crippen molar-refractivity contribution < 1.29 is 4.74 Å². The van der Waals surface area contributed by atoms with Crippen LogP contribution in [0.1, 0.15) is 96.5 Å². The molecule has 1 aromatic rings. The lowest BCUT2D eigenvalue weighted by Gasteiger charge is -2.12. The van der Waals surface area contributed by atoms with E-state index in [-0.39, 0.29) is 0 Å². The summed E-state index contributed by atoms with van der Waals surface area (Å²) < 4.78 is 6.08. The van der Waals surface area contributed by atoms with E-state index < -0.39 is 0 Å². The molecule has 0 aliphatic rings. The normalized spacial score (nSPS) is 12.1. The molecule has 1 atom stereocenters. The van der Waals surface area contributed by atoms with Gasteiger partial charge in [-0.05, 0) is 49.7 Å². The second-order valence-electron chi connectivity index (χ2n) is 7.77. The van der Waals surface area contributed by atoms with Crippen LogP contribution in [0.5, 0.6) is 5.75 Å². The maximum absolute atomic E-state index is 6.08. The van der Waals surface area contributed by atoms with Gasteiger partial charge in [0.1, 0.15) is 5.75 Å². The van der Waals surface area contributed by atoms with E-state index in [1.54, 1.807) is 0 Å². The molecule has 0 saturated carbocycles. The molecule has 1 unspecified atom stereocenters. The fourth-order valence-electron chi connectivity index (χ4n) is 3.32. The molecular weight excluding hydrogens is 316 g/mol. The van der Waals surface area contributed by atoms with Crippen molar-refractivity contribution in [3.63, 3.8) is 0 Å². The summed E-state index contributed by atoms with van der Waals surface area (Å²) in [6, 6.07) is 8.62. The van der Waals surface area contributed by atoms with Crippen LogP contribution in [0.2, 0.25) is 0 Å². The summed E-state index contributed by atoms with van der Waals surface area (Å²) in [6.07, 6.45) is 18.8. The van der Waals surface area contributed by atoms with Gasteiger partial charge in [-0.2, -0.15) is 0 Å². The van der Waals surface area contributed by atoms with E-state index in [0.717, 1.165) is 31.1 Å². The average Bonchev–Trinajstić information content (AvgIpc) is 2.67. The zero-order valence-corrected chi connectivity index (χ0v) is 17.5. The van der Waals surface area contributed by atoms with E-state index in [1.165, 1.54) is 76.2 Å². The van der Waals surface area contributed by atoms with Gasteiger partial charge in [-0.1, -0.05) is 89.5 Å². The third-order valence-corrected chi connectivity index (χ3v) is 5.37. The number of hydrogen-bond donors (Lipinski definition) is 0. The van der Waals surface area contributed by atoms with Gasteiger partial charge in [0.2, 0.25) is 0 Å². The number of allylic oxidation sites excluding steroid dienone is 1. The fraction of sp³-hybridized carbons (Fsp3) is 0.680. The van der Waals surface area contributed by atoms with Gasteiger partial charge in [0.05, 0.1) is 6.61 Å². The highest BCUT2D eigenvalue weighted by Crippen LogP contribution is 2.22. The summed E-state index contributed by atoms with van der Waals surface area (Å²) in [4.78, 5) is 0. The van der Waals surface area contributed by atoms with Crippen LogP contribution < -0.4 is 4.74 Å². The molecule has 1 nitrogen and oxygen atoms in total. The highest BCUT2D eigenvalue weighted by molar-refractivity contribution is 5.33. The molecule has 1 rings (SSSR count). The van der Waals surface area contributed by atoms with Gasteiger partial charge < -0.3 is 4.74 Å². The first-order valence-corrected chi connectivity index (χ1v) is 11.1. The van der Waals surface area contributed by atoms with Gasteiger partial charge in [-0.3, -0.25) is 0 Å². The molecule has 0 radical (unpaired) electrons. The molecule has 1 heteroatoms. The van der Waals surface area contributed by atoms with Crippen LogP contribution in [0.25, 0.3) is 0 Å². The highest BCUT2D eigenvalue weighted by Gasteiger charge is 2.04. The molecule has 0 N–H and O–H groups in total. The SMILES string of the molecule is C=CCCCCCCCCOc1ccccc1CCCCCC(C)CC. The van der Waals surface area contributed by atoms with Crippen molar-refractivity contribution in [2.24, 2.45) is 5.92 Å². The van der Waals surface area contributed by atoms with Gasteiger partial charge in [0.25, 0.3) is 0 Å². The lowest BCUT2D eigenvalue weighted by atomic mass is 9.99. The lowest BCUT2D eigenvalue weighted by Crippen LogP contribution is -2.00. The van der Waals surface area contributed by atoms with Crippen molar-refractivity contribution in [3.05, 3.63) is 42.5 Å². The maximum atomic E-state index is 6.08. The van der Waals surface area contributed by atoms with Crippen LogP contribution in [-0.4, -0.2) is 6.61 Å². The predicted octanol–water partition coefficient (Wildman–Crippen LogP) is 8.13. The summed E-state index contributed by atoms with van der Waals surface area (Å²) in [6.45, 7) is 9.29. The second-order valence-corrected chi connectivity index (χ2v) is 7.77. The molecule has 0 aliphatic carbocycles. The minimum absolute atomic E-state index is 0.859. The van der Waals surface area contributed by atoms with Crippen molar-refractivity contribution in [3.8, 4) is 5.75 Å². The Labute approximate surface area is 163 Å². The van der Waals surface area contributed by atoms with Crippen molar-refractivity contribution in [1.82, 2.24) is 0 Å². The third kappa shape index (κ3) is 11.4. The second kappa shape index (κ2) is 16.0. The Morgan fingerprint density at radius 2 is 1.62 bits per heavy atom. The van der Waals surface area contributed by atoms with E-state index in [0.29, 0.717) is 0 Å². The van der Waals surface area contributed by atoms with Crippen molar-refractivity contribution in [1.29, 1.82) is 0 Å². The molecule has 0 amide bonds. The number of rotatable bonds is 17. The van der Waals surface area contributed by atoms with E-state index in [1.807, 2.05) is 6.08 Å². The van der Waals surface area contributed by atoms with E-state index in [2.05, 4.69) is 44.7 Å². The molecule has 0 bridgehead atoms. The number of ether oxygens (including phenoxy) is 1. The van der Waals surface area contributed by atoms with Crippen molar-refractivity contribution in [2.75, 3.05) is 6.61 Å². The summed E-state index contributed by atoms with van der Waals surface area (Å²) >= 11 is 0. The standard InChI is InChI=1S/C25H42O/c1-4-6-7-8-9-10-11-17-22-26-25-21-16-15-20-24(25)19-14-12-13-18-23(3)5-2/h4,15-16,20-21,23H,1,5-14,17-19,22H2,2-3H3. The van der Waals surface area contributed by atoms with Crippen LogP contribution in [0, 0.1) is 5.92 Å². The van der Waals surface area contributed by atoms with Crippen LogP contribution >= 0.6 is 0 Å². The van der Waals surface area contributed by atoms with Gasteiger partial charge in [-0.15, -0.1) is 6.58 Å². The first kappa shape index (κ1) is 22.8. The Balaban J connectivity index is 2.13. The number of unbranched alkanes of at least 4 members (excludes halogenated alkanes) is 8. The van der Waals surface area contributed by atoms with E-state index in [4.69, 9.17) is 4.74 Å². The molecular formula is C25H42O. The topological polar surface area (TPSA) is 9.23 Å². The van der Waals surface area contributed by atoms with Crippen LogP contribution in [-0.2, 0) is 6.42 Å². The Bertz CT molecular complexity index is 451. The van der Waals surface area contributed by atoms with Gasteiger partial charge in [-0.25, -0.2) is 0 Å². The Hall–Kier alpha value is -1.24. The molecule has 148 valence electrons. The summed E-state index contributed by atoms with van der Waals surface area (Å²) in [5.74, 6) is 1.99. The molecule has 0 saturated heterocycles. The zero-order chi connectivity index (χ0) is 18.9. The maximum Gasteiger partial charge on any atom is 0.122 e. The fourth-order valence-corrected chi connectivity index (χ4v) is 3.32. The Morgan fingerprint density at radius 1 is 0.923 bits per heavy atom. The Morgan fingerprint density at radius 3 is 2.38 bits per heavy atom. The molecule has 0 heterocycles. The number of benzene rings is 1. The number of aryl methyl sites for hydroxylation is 1. The summed E-state index contributed by atoms with van der Waals surface area (Å²) in [7, 11) is 0. The molecule has 1 aromatic carbocycles. The first-order chi connectivity index (χ1) is 12.8. The van der Waals surface area contributed by atoms with Crippen molar-refractivity contribution in [2.45, 2.75) is 97.3 Å². The van der Waals surface area contributed by atoms with Crippen LogP contribution in [0.3, 0.4) is 0 Å². The highest BCUT2D eigenvalue weighted by atomic mass is 16.5. The smallest absolute Gasteiger partial charge is 0.122 e. The van der Waals surface area contributed by atoms with Gasteiger partial charge in [0.15, 0.2) is 0 Å². The van der Waals surface area contributed by atoms with E-state index >= 15 is 0 Å². The molecule has 26 heavy (non-hydrogen) atoms. The first-order valence-electron chi connectivity index (χ1n) is 11.1. The van der Waals surface area contributed by atoms with Crippen LogP contribution in [0.15, 0.2) is 36.9 Å². The third-order valence-electron chi connectivity index (χ3n) is 5.37. The average molecular weight is 359 g/mol.